The van der Waals surface area contributed by atoms with Crippen molar-refractivity contribution in [1.29, 1.82) is 0 Å². The molecule has 2 aliphatic rings. The number of phenolic OH excluding ortho intramolecular Hbond substituents is 1. The lowest BCUT2D eigenvalue weighted by Crippen LogP contribution is -2.46. The van der Waals surface area contributed by atoms with Gasteiger partial charge in [0.1, 0.15) is 11.5 Å². The van der Waals surface area contributed by atoms with Crippen molar-refractivity contribution in [3.05, 3.63) is 29.3 Å². The van der Waals surface area contributed by atoms with Gasteiger partial charge in [0.25, 0.3) is 0 Å². The van der Waals surface area contributed by atoms with Crippen LogP contribution < -0.4 is 0 Å². The molecule has 1 fully saturated rings. The number of fused-ring (bicyclic) bond motifs is 2. The lowest BCUT2D eigenvalue weighted by atomic mass is 9.56. The van der Waals surface area contributed by atoms with Gasteiger partial charge in [0.05, 0.1) is 0 Å². The second-order valence-electron chi connectivity index (χ2n) is 5.20. The molecular weight excluding hydrogens is 200 g/mol. The first kappa shape index (κ1) is 9.88. The first-order valence-electron chi connectivity index (χ1n) is 5.96. The van der Waals surface area contributed by atoms with Crippen LogP contribution in [0, 0.1) is 5.92 Å². The van der Waals surface area contributed by atoms with E-state index in [0.717, 1.165) is 25.7 Å². The minimum atomic E-state index is 0.0694. The number of Topliss-reactive ketones (excluding diaryl/α,β-unsaturated/α-hetero) is 1. The van der Waals surface area contributed by atoms with E-state index >= 15 is 0 Å². The Bertz CT molecular complexity index is 464. The Hall–Kier alpha value is -1.31. The maximum Gasteiger partial charge on any atom is 0.133 e. The Morgan fingerprint density at radius 2 is 2.25 bits per heavy atom. The lowest BCUT2D eigenvalue weighted by molar-refractivity contribution is -0.127. The van der Waals surface area contributed by atoms with E-state index in [-0.39, 0.29) is 11.3 Å². The second-order valence-corrected chi connectivity index (χ2v) is 5.20. The fourth-order valence-electron chi connectivity index (χ4n) is 3.59. The molecule has 2 heteroatoms. The zero-order chi connectivity index (χ0) is 11.3. The van der Waals surface area contributed by atoms with E-state index in [4.69, 9.17) is 0 Å². The summed E-state index contributed by atoms with van der Waals surface area (Å²) in [7, 11) is 0. The molecule has 2 unspecified atom stereocenters. The summed E-state index contributed by atoms with van der Waals surface area (Å²) in [6.45, 7) is 1.70. The number of carbonyl (C=O) groups is 1. The maximum absolute atomic E-state index is 11.6. The lowest BCUT2D eigenvalue weighted by Gasteiger charge is -2.46. The topological polar surface area (TPSA) is 37.3 Å². The van der Waals surface area contributed by atoms with Crippen molar-refractivity contribution in [3.63, 3.8) is 0 Å². The summed E-state index contributed by atoms with van der Waals surface area (Å²) >= 11 is 0. The minimum Gasteiger partial charge on any atom is -0.508 e. The standard InChI is InChI=1S/C14H16O2/c1-9(15)12-5-7-14(12)6-4-10-2-3-11(16)8-13(10)14/h2-3,8,12,16H,4-7H2,1H3. The third-order valence-electron chi connectivity index (χ3n) is 4.51. The fourth-order valence-corrected chi connectivity index (χ4v) is 3.59. The second kappa shape index (κ2) is 3.09. The Kier molecular flexibility index (Phi) is 1.91. The van der Waals surface area contributed by atoms with E-state index in [1.54, 1.807) is 13.0 Å². The van der Waals surface area contributed by atoms with E-state index in [1.165, 1.54) is 11.1 Å². The third-order valence-corrected chi connectivity index (χ3v) is 4.51. The number of benzene rings is 1. The smallest absolute Gasteiger partial charge is 0.133 e. The summed E-state index contributed by atoms with van der Waals surface area (Å²) in [6.07, 6.45) is 4.26. The van der Waals surface area contributed by atoms with Crippen LogP contribution in [0.2, 0.25) is 0 Å². The van der Waals surface area contributed by atoms with Gasteiger partial charge in [-0.3, -0.25) is 4.79 Å². The Labute approximate surface area is 95.3 Å². The molecule has 0 radical (unpaired) electrons. The van der Waals surface area contributed by atoms with E-state index in [1.807, 2.05) is 12.1 Å². The molecule has 0 amide bonds. The van der Waals surface area contributed by atoms with Crippen LogP contribution in [0.5, 0.6) is 5.75 Å². The molecule has 2 nitrogen and oxygen atoms in total. The summed E-state index contributed by atoms with van der Waals surface area (Å²) in [5.41, 5.74) is 2.63. The van der Waals surface area contributed by atoms with Gasteiger partial charge < -0.3 is 5.11 Å². The largest absolute Gasteiger partial charge is 0.508 e. The molecule has 0 bridgehead atoms. The molecule has 16 heavy (non-hydrogen) atoms. The molecule has 1 N–H and O–H groups in total. The maximum atomic E-state index is 11.6. The van der Waals surface area contributed by atoms with Gasteiger partial charge in [-0.15, -0.1) is 0 Å². The van der Waals surface area contributed by atoms with Crippen LogP contribution in [0.1, 0.15) is 37.3 Å². The van der Waals surface area contributed by atoms with Crippen LogP contribution in [0.15, 0.2) is 18.2 Å². The van der Waals surface area contributed by atoms with Crippen LogP contribution in [-0.2, 0) is 16.6 Å². The summed E-state index contributed by atoms with van der Waals surface area (Å²) < 4.78 is 0. The molecule has 84 valence electrons. The molecule has 0 aromatic heterocycles. The summed E-state index contributed by atoms with van der Waals surface area (Å²) in [4.78, 5) is 11.6. The quantitative estimate of drug-likeness (QED) is 0.783. The minimum absolute atomic E-state index is 0.0694. The molecule has 0 heterocycles. The molecular formula is C14H16O2. The Morgan fingerprint density at radius 3 is 2.88 bits per heavy atom. The zero-order valence-electron chi connectivity index (χ0n) is 9.49. The van der Waals surface area contributed by atoms with E-state index in [9.17, 15) is 9.90 Å². The van der Waals surface area contributed by atoms with E-state index in [0.29, 0.717) is 11.5 Å². The molecule has 1 aromatic rings. The fraction of sp³-hybridized carbons (Fsp3) is 0.500. The molecule has 0 aliphatic heterocycles. The van der Waals surface area contributed by atoms with Gasteiger partial charge in [-0.2, -0.15) is 0 Å². The Balaban J connectivity index is 2.08. The number of rotatable bonds is 1. The van der Waals surface area contributed by atoms with Crippen molar-refractivity contribution >= 4 is 5.78 Å². The number of phenols is 1. The number of aryl methyl sites for hydroxylation is 1. The van der Waals surface area contributed by atoms with E-state index in [2.05, 4.69) is 0 Å². The van der Waals surface area contributed by atoms with Crippen LogP contribution in [-0.4, -0.2) is 10.9 Å². The highest BCUT2D eigenvalue weighted by Gasteiger charge is 2.53. The number of hydrogen-bond donors (Lipinski definition) is 1. The Morgan fingerprint density at radius 1 is 1.44 bits per heavy atom. The number of hydrogen-bond acceptors (Lipinski definition) is 2. The van der Waals surface area contributed by atoms with Crippen LogP contribution in [0.25, 0.3) is 0 Å². The van der Waals surface area contributed by atoms with Crippen LogP contribution in [0.3, 0.4) is 0 Å². The predicted octanol–water partition coefficient (Wildman–Crippen LogP) is 2.58. The van der Waals surface area contributed by atoms with Gasteiger partial charge in [-0.05, 0) is 55.9 Å². The van der Waals surface area contributed by atoms with Crippen LogP contribution >= 0.6 is 0 Å². The van der Waals surface area contributed by atoms with Crippen molar-refractivity contribution in [1.82, 2.24) is 0 Å². The molecule has 3 rings (SSSR count). The summed E-state index contributed by atoms with van der Waals surface area (Å²) in [5, 5.41) is 9.59. The molecule has 1 saturated carbocycles. The van der Waals surface area contributed by atoms with Crippen molar-refractivity contribution in [3.8, 4) is 5.75 Å². The van der Waals surface area contributed by atoms with Gasteiger partial charge in [-0.25, -0.2) is 0 Å². The SMILES string of the molecule is CC(=O)C1CCC12CCc1ccc(O)cc12. The van der Waals surface area contributed by atoms with Gasteiger partial charge >= 0.3 is 0 Å². The van der Waals surface area contributed by atoms with Crippen LogP contribution in [0.4, 0.5) is 0 Å². The highest BCUT2D eigenvalue weighted by molar-refractivity contribution is 5.82. The van der Waals surface area contributed by atoms with Gasteiger partial charge in [-0.1, -0.05) is 6.07 Å². The monoisotopic (exact) mass is 216 g/mol. The molecule has 0 saturated heterocycles. The highest BCUT2D eigenvalue weighted by atomic mass is 16.3. The molecule has 2 atom stereocenters. The molecule has 1 spiro atoms. The number of aromatic hydroxyl groups is 1. The van der Waals surface area contributed by atoms with Crippen molar-refractivity contribution in [2.75, 3.05) is 0 Å². The first-order chi connectivity index (χ1) is 7.63. The summed E-state index contributed by atoms with van der Waals surface area (Å²) in [5.74, 6) is 0.826. The van der Waals surface area contributed by atoms with Crippen molar-refractivity contribution < 1.29 is 9.90 Å². The van der Waals surface area contributed by atoms with Gasteiger partial charge in [0.2, 0.25) is 0 Å². The molecule has 2 aliphatic carbocycles. The predicted molar refractivity (Wildman–Crippen MR) is 61.5 cm³/mol. The normalized spacial score (nSPS) is 31.2. The van der Waals surface area contributed by atoms with E-state index < -0.39 is 0 Å². The average molecular weight is 216 g/mol. The van der Waals surface area contributed by atoms with Crippen molar-refractivity contribution in [2.24, 2.45) is 5.92 Å². The van der Waals surface area contributed by atoms with Gasteiger partial charge in [0, 0.05) is 11.3 Å². The molecule has 1 aromatic carbocycles. The average Bonchev–Trinajstić information content (AvgIpc) is 2.55. The zero-order valence-corrected chi connectivity index (χ0v) is 9.49. The third kappa shape index (κ3) is 1.10. The number of carbonyl (C=O) groups excluding carboxylic acids is 1. The highest BCUT2D eigenvalue weighted by Crippen LogP contribution is 2.57. The number of ketones is 1. The summed E-state index contributed by atoms with van der Waals surface area (Å²) in [6, 6.07) is 5.63. The van der Waals surface area contributed by atoms with Gasteiger partial charge in [0.15, 0.2) is 0 Å². The van der Waals surface area contributed by atoms with Crippen molar-refractivity contribution in [2.45, 2.75) is 38.0 Å². The first-order valence-corrected chi connectivity index (χ1v) is 5.96.